The summed E-state index contributed by atoms with van der Waals surface area (Å²) in [7, 11) is 4.02. The minimum absolute atomic E-state index is 0.381. The fourth-order valence-corrected chi connectivity index (χ4v) is 2.19. The lowest BCUT2D eigenvalue weighted by Crippen LogP contribution is -2.07. The van der Waals surface area contributed by atoms with Crippen molar-refractivity contribution in [1.29, 1.82) is 0 Å². The Balaban J connectivity index is 0.000000535. The molecule has 2 atom stereocenters. The first-order valence-electron chi connectivity index (χ1n) is 9.73. The molecule has 25 heavy (non-hydrogen) atoms. The van der Waals surface area contributed by atoms with Crippen LogP contribution in [0.4, 0.5) is 5.69 Å². The Morgan fingerprint density at radius 2 is 1.44 bits per heavy atom. The molecule has 0 spiro atoms. The third-order valence-electron chi connectivity index (χ3n) is 3.94. The van der Waals surface area contributed by atoms with Gasteiger partial charge in [0.15, 0.2) is 0 Å². The molecule has 0 bridgehead atoms. The summed E-state index contributed by atoms with van der Waals surface area (Å²) in [5.41, 5.74) is 1.19. The van der Waals surface area contributed by atoms with Crippen LogP contribution in [0.3, 0.4) is 0 Å². The van der Waals surface area contributed by atoms with E-state index in [1.54, 1.807) is 12.4 Å². The molecule has 1 rings (SSSR count). The van der Waals surface area contributed by atoms with Crippen LogP contribution in [0.5, 0.6) is 0 Å². The maximum absolute atomic E-state index is 4.33. The molecular formula is C21H38N4. The van der Waals surface area contributed by atoms with Crippen molar-refractivity contribution in [1.82, 2.24) is 4.98 Å². The minimum Gasteiger partial charge on any atom is -0.378 e. The number of aromatic nitrogens is 1. The van der Waals surface area contributed by atoms with E-state index in [0.717, 1.165) is 6.42 Å². The Kier molecular flexibility index (Phi) is 14.8. The number of pyridine rings is 1. The maximum atomic E-state index is 4.33. The fraction of sp³-hybridized carbons (Fsp3) is 0.714. The molecule has 0 aliphatic heterocycles. The molecule has 4 heteroatoms. The summed E-state index contributed by atoms with van der Waals surface area (Å²) in [4.78, 5) is 14.6. The number of aliphatic imine (C=N–C) groups is 2. The van der Waals surface area contributed by atoms with Gasteiger partial charge in [0.2, 0.25) is 0 Å². The van der Waals surface area contributed by atoms with E-state index in [4.69, 9.17) is 0 Å². The Morgan fingerprint density at radius 1 is 0.920 bits per heavy atom. The van der Waals surface area contributed by atoms with Gasteiger partial charge in [-0.1, -0.05) is 46.0 Å². The zero-order chi connectivity index (χ0) is 18.9. The summed E-state index contributed by atoms with van der Waals surface area (Å²) < 4.78 is 0. The molecule has 0 N–H and O–H groups in total. The van der Waals surface area contributed by atoms with Crippen molar-refractivity contribution in [3.8, 4) is 0 Å². The second kappa shape index (κ2) is 15.8. The summed E-state index contributed by atoms with van der Waals surface area (Å²) in [6.45, 7) is 8.72. The molecule has 0 saturated carbocycles. The molecular weight excluding hydrogens is 308 g/mol. The Bertz CT molecular complexity index is 464. The first kappa shape index (κ1) is 23.3. The van der Waals surface area contributed by atoms with Gasteiger partial charge in [-0.2, -0.15) is 0 Å². The predicted molar refractivity (Wildman–Crippen MR) is 111 cm³/mol. The molecule has 0 saturated heterocycles. The monoisotopic (exact) mass is 346 g/mol. The predicted octanol–water partition coefficient (Wildman–Crippen LogP) is 5.86. The molecule has 0 fully saturated rings. The van der Waals surface area contributed by atoms with Gasteiger partial charge >= 0.3 is 0 Å². The number of hydrogen-bond acceptors (Lipinski definition) is 4. The quantitative estimate of drug-likeness (QED) is 0.393. The van der Waals surface area contributed by atoms with Crippen LogP contribution in [-0.2, 0) is 0 Å². The van der Waals surface area contributed by atoms with Crippen LogP contribution in [-0.4, -0.2) is 37.2 Å². The van der Waals surface area contributed by atoms with Crippen molar-refractivity contribution in [2.75, 3.05) is 19.0 Å². The smallest absolute Gasteiger partial charge is 0.0898 e. The van der Waals surface area contributed by atoms with Crippen LogP contribution in [0.25, 0.3) is 0 Å². The van der Waals surface area contributed by atoms with Gasteiger partial charge in [-0.25, -0.2) is 9.98 Å². The largest absolute Gasteiger partial charge is 0.378 e. The number of anilines is 1. The van der Waals surface area contributed by atoms with Gasteiger partial charge in [0.25, 0.3) is 0 Å². The van der Waals surface area contributed by atoms with Crippen molar-refractivity contribution in [3.05, 3.63) is 24.5 Å². The molecule has 0 radical (unpaired) electrons. The fourth-order valence-electron chi connectivity index (χ4n) is 2.19. The summed E-state index contributed by atoms with van der Waals surface area (Å²) in [5, 5.41) is 0. The van der Waals surface area contributed by atoms with E-state index in [1.165, 1.54) is 44.2 Å². The highest BCUT2D eigenvalue weighted by Crippen LogP contribution is 2.06. The van der Waals surface area contributed by atoms with Gasteiger partial charge in [-0.05, 0) is 38.8 Å². The van der Waals surface area contributed by atoms with Crippen LogP contribution < -0.4 is 4.90 Å². The standard InChI is InChI=1S/C14H28N2.C7H10N2/c1-5-7-9-11-14(4)16-12-15-13(3)10-8-6-2;1-9(2)7-3-5-8-6-4-7/h13-14H,5-11H2,1-4H3;3-6H,1-2H3. The molecule has 0 amide bonds. The Morgan fingerprint density at radius 3 is 1.88 bits per heavy atom. The van der Waals surface area contributed by atoms with Crippen LogP contribution in [0.15, 0.2) is 34.5 Å². The van der Waals surface area contributed by atoms with E-state index >= 15 is 0 Å². The number of hydrogen-bond donors (Lipinski definition) is 0. The molecule has 0 aliphatic rings. The minimum atomic E-state index is 0.381. The lowest BCUT2D eigenvalue weighted by molar-refractivity contribution is 0.592. The van der Waals surface area contributed by atoms with Gasteiger partial charge in [-0.15, -0.1) is 0 Å². The molecule has 1 aromatic heterocycles. The lowest BCUT2D eigenvalue weighted by Gasteiger charge is -2.10. The SMILES string of the molecule is CCCCCC(C)N=C=NC(C)CCCC.CN(C)c1ccncc1. The maximum Gasteiger partial charge on any atom is 0.0898 e. The molecule has 0 aromatic carbocycles. The van der Waals surface area contributed by atoms with Gasteiger partial charge in [-0.3, -0.25) is 4.98 Å². The first-order chi connectivity index (χ1) is 12.0. The molecule has 2 unspecified atom stereocenters. The van der Waals surface area contributed by atoms with E-state index in [1.807, 2.05) is 31.1 Å². The Labute approximate surface area is 155 Å². The highest BCUT2D eigenvalue weighted by Gasteiger charge is 1.98. The summed E-state index contributed by atoms with van der Waals surface area (Å²) in [6.07, 6.45) is 12.2. The topological polar surface area (TPSA) is 40.9 Å². The normalized spacial score (nSPS) is 12.2. The van der Waals surface area contributed by atoms with Gasteiger partial charge < -0.3 is 4.90 Å². The summed E-state index contributed by atoms with van der Waals surface area (Å²) in [6, 6.07) is 7.58. The van der Waals surface area contributed by atoms with Crippen molar-refractivity contribution in [3.63, 3.8) is 0 Å². The molecule has 142 valence electrons. The van der Waals surface area contributed by atoms with Gasteiger partial charge in [0, 0.05) is 32.2 Å². The van der Waals surface area contributed by atoms with Gasteiger partial charge in [0.1, 0.15) is 0 Å². The van der Waals surface area contributed by atoms with Crippen LogP contribution >= 0.6 is 0 Å². The van der Waals surface area contributed by atoms with Crippen molar-refractivity contribution in [2.45, 2.75) is 84.7 Å². The van der Waals surface area contributed by atoms with E-state index in [0.29, 0.717) is 12.1 Å². The summed E-state index contributed by atoms with van der Waals surface area (Å²) in [5.74, 6) is 0. The molecule has 0 aliphatic carbocycles. The molecule has 1 aromatic rings. The van der Waals surface area contributed by atoms with Crippen molar-refractivity contribution in [2.24, 2.45) is 9.98 Å². The number of rotatable bonds is 10. The highest BCUT2D eigenvalue weighted by molar-refractivity contribution is 5.42. The zero-order valence-electron chi connectivity index (χ0n) is 17.2. The highest BCUT2D eigenvalue weighted by atomic mass is 15.1. The van der Waals surface area contributed by atoms with Crippen molar-refractivity contribution >= 4 is 11.7 Å². The summed E-state index contributed by atoms with van der Waals surface area (Å²) >= 11 is 0. The first-order valence-corrected chi connectivity index (χ1v) is 9.73. The number of nitrogens with zero attached hydrogens (tertiary/aromatic N) is 4. The molecule has 1 heterocycles. The molecule has 4 nitrogen and oxygen atoms in total. The second-order valence-electron chi connectivity index (χ2n) is 6.79. The lowest BCUT2D eigenvalue weighted by atomic mass is 10.1. The van der Waals surface area contributed by atoms with Crippen LogP contribution in [0, 0.1) is 0 Å². The average molecular weight is 347 g/mol. The van der Waals surface area contributed by atoms with E-state index in [-0.39, 0.29) is 0 Å². The van der Waals surface area contributed by atoms with E-state index in [2.05, 4.69) is 48.7 Å². The van der Waals surface area contributed by atoms with Crippen molar-refractivity contribution < 1.29 is 0 Å². The third-order valence-corrected chi connectivity index (χ3v) is 3.94. The van der Waals surface area contributed by atoms with Crippen LogP contribution in [0.2, 0.25) is 0 Å². The average Bonchev–Trinajstić information content (AvgIpc) is 2.61. The third kappa shape index (κ3) is 14.4. The second-order valence-corrected chi connectivity index (χ2v) is 6.79. The van der Waals surface area contributed by atoms with E-state index < -0.39 is 0 Å². The van der Waals surface area contributed by atoms with E-state index in [9.17, 15) is 0 Å². The Hall–Kier alpha value is -1.67. The zero-order valence-corrected chi connectivity index (χ0v) is 17.2. The van der Waals surface area contributed by atoms with Crippen LogP contribution in [0.1, 0.15) is 72.6 Å². The number of unbranched alkanes of at least 4 members (excludes halogenated alkanes) is 3. The van der Waals surface area contributed by atoms with Gasteiger partial charge in [0.05, 0.1) is 18.1 Å².